The van der Waals surface area contributed by atoms with Gasteiger partial charge < -0.3 is 10.2 Å². The highest BCUT2D eigenvalue weighted by Gasteiger charge is 2.35. The lowest BCUT2D eigenvalue weighted by atomic mass is 9.90. The molecule has 2 saturated heterocycles. The largest absolute Gasteiger partial charge is 0.342 e. The third kappa shape index (κ3) is 2.24. The van der Waals surface area contributed by atoms with Crippen LogP contribution in [-0.2, 0) is 4.79 Å². The Morgan fingerprint density at radius 2 is 2.06 bits per heavy atom. The Morgan fingerprint density at radius 1 is 1.31 bits per heavy atom. The van der Waals surface area contributed by atoms with Gasteiger partial charge in [0.2, 0.25) is 5.91 Å². The van der Waals surface area contributed by atoms with Gasteiger partial charge in [-0.05, 0) is 31.2 Å². The minimum atomic E-state index is 0.172. The van der Waals surface area contributed by atoms with Gasteiger partial charge in [0.1, 0.15) is 0 Å². The number of nitrogens with zero attached hydrogens (tertiary/aromatic N) is 1. The van der Waals surface area contributed by atoms with E-state index >= 15 is 0 Å². The molecule has 0 radical (unpaired) electrons. The van der Waals surface area contributed by atoms with E-state index < -0.39 is 0 Å². The van der Waals surface area contributed by atoms with Gasteiger partial charge >= 0.3 is 0 Å². The number of carbonyl (C=O) groups excluding carboxylic acids is 1. The Balaban J connectivity index is 1.93. The van der Waals surface area contributed by atoms with Crippen LogP contribution in [0.2, 0.25) is 0 Å². The maximum atomic E-state index is 12.2. The molecule has 2 aliphatic heterocycles. The zero-order valence-electron chi connectivity index (χ0n) is 10.7. The van der Waals surface area contributed by atoms with Crippen molar-refractivity contribution < 1.29 is 4.79 Å². The average Bonchev–Trinajstić information content (AvgIpc) is 2.73. The van der Waals surface area contributed by atoms with Crippen molar-refractivity contribution in [2.75, 3.05) is 19.6 Å². The fourth-order valence-corrected chi connectivity index (χ4v) is 2.82. The molecule has 3 unspecified atom stereocenters. The van der Waals surface area contributed by atoms with Crippen molar-refractivity contribution in [2.45, 2.75) is 39.7 Å². The lowest BCUT2D eigenvalue weighted by molar-refractivity contribution is -0.138. The first-order valence-corrected chi connectivity index (χ1v) is 6.61. The monoisotopic (exact) mass is 224 g/mol. The summed E-state index contributed by atoms with van der Waals surface area (Å²) in [7, 11) is 0. The summed E-state index contributed by atoms with van der Waals surface area (Å²) in [5, 5.41) is 3.53. The zero-order valence-corrected chi connectivity index (χ0v) is 10.7. The number of rotatable bonds is 2. The van der Waals surface area contributed by atoms with Crippen LogP contribution >= 0.6 is 0 Å². The average molecular weight is 224 g/mol. The number of fused-ring (bicyclic) bond motifs is 1. The topological polar surface area (TPSA) is 32.3 Å². The standard InChI is InChI=1S/C13H24N2O/c1-9(2)10(3)13(16)15-7-5-12-11(8-15)4-6-14-12/h9-12,14H,4-8H2,1-3H3. The Kier molecular flexibility index (Phi) is 3.53. The van der Waals surface area contributed by atoms with Gasteiger partial charge in [0.25, 0.3) is 0 Å². The second-order valence-corrected chi connectivity index (χ2v) is 5.71. The summed E-state index contributed by atoms with van der Waals surface area (Å²) in [6, 6.07) is 0.679. The molecule has 16 heavy (non-hydrogen) atoms. The van der Waals surface area contributed by atoms with Crippen LogP contribution in [0.25, 0.3) is 0 Å². The van der Waals surface area contributed by atoms with Gasteiger partial charge in [-0.2, -0.15) is 0 Å². The van der Waals surface area contributed by atoms with Crippen molar-refractivity contribution >= 4 is 5.91 Å². The second kappa shape index (κ2) is 4.74. The molecule has 2 aliphatic rings. The quantitative estimate of drug-likeness (QED) is 0.770. The highest BCUT2D eigenvalue weighted by atomic mass is 16.2. The highest BCUT2D eigenvalue weighted by Crippen LogP contribution is 2.26. The molecule has 3 nitrogen and oxygen atoms in total. The molecule has 2 fully saturated rings. The molecular formula is C13H24N2O. The molecule has 0 aromatic heterocycles. The van der Waals surface area contributed by atoms with Crippen LogP contribution < -0.4 is 5.32 Å². The van der Waals surface area contributed by atoms with Gasteiger partial charge in [0.15, 0.2) is 0 Å². The summed E-state index contributed by atoms with van der Waals surface area (Å²) in [5.41, 5.74) is 0. The third-order valence-corrected chi connectivity index (χ3v) is 4.36. The minimum absolute atomic E-state index is 0.172. The molecule has 0 aromatic rings. The van der Waals surface area contributed by atoms with Crippen molar-refractivity contribution in [3.8, 4) is 0 Å². The molecule has 0 aliphatic carbocycles. The predicted molar refractivity (Wildman–Crippen MR) is 65.1 cm³/mol. The molecule has 0 saturated carbocycles. The van der Waals surface area contributed by atoms with E-state index in [-0.39, 0.29) is 5.92 Å². The lowest BCUT2D eigenvalue weighted by Crippen LogP contribution is -2.48. The zero-order chi connectivity index (χ0) is 11.7. The Hall–Kier alpha value is -0.570. The Morgan fingerprint density at radius 3 is 2.75 bits per heavy atom. The summed E-state index contributed by atoms with van der Waals surface area (Å²) in [4.78, 5) is 14.3. The number of nitrogens with one attached hydrogen (secondary N) is 1. The van der Waals surface area contributed by atoms with E-state index in [2.05, 4.69) is 31.0 Å². The fraction of sp³-hybridized carbons (Fsp3) is 0.923. The number of amides is 1. The summed E-state index contributed by atoms with van der Waals surface area (Å²) >= 11 is 0. The van der Waals surface area contributed by atoms with Crippen LogP contribution in [0.3, 0.4) is 0 Å². The molecule has 0 aromatic carbocycles. The van der Waals surface area contributed by atoms with E-state index in [0.29, 0.717) is 23.8 Å². The second-order valence-electron chi connectivity index (χ2n) is 5.71. The predicted octanol–water partition coefficient (Wildman–Crippen LogP) is 1.49. The SMILES string of the molecule is CC(C)C(C)C(=O)N1CCC2NCCC2C1. The normalized spacial score (nSPS) is 31.6. The summed E-state index contributed by atoms with van der Waals surface area (Å²) < 4.78 is 0. The van der Waals surface area contributed by atoms with E-state index in [0.717, 1.165) is 26.1 Å². The van der Waals surface area contributed by atoms with E-state index in [1.54, 1.807) is 0 Å². The molecule has 2 heterocycles. The molecule has 92 valence electrons. The molecule has 0 bridgehead atoms. The molecule has 3 atom stereocenters. The first-order valence-electron chi connectivity index (χ1n) is 6.61. The summed E-state index contributed by atoms with van der Waals surface area (Å²) in [6.07, 6.45) is 2.38. The maximum Gasteiger partial charge on any atom is 0.225 e. The number of likely N-dealkylation sites (tertiary alicyclic amines) is 1. The minimum Gasteiger partial charge on any atom is -0.342 e. The van der Waals surface area contributed by atoms with Gasteiger partial charge in [-0.3, -0.25) is 4.79 Å². The summed E-state index contributed by atoms with van der Waals surface area (Å²) in [5.74, 6) is 1.69. The molecular weight excluding hydrogens is 200 g/mol. The van der Waals surface area contributed by atoms with Crippen molar-refractivity contribution in [3.63, 3.8) is 0 Å². The van der Waals surface area contributed by atoms with Crippen LogP contribution in [0.4, 0.5) is 0 Å². The number of hydrogen-bond donors (Lipinski definition) is 1. The Bertz CT molecular complexity index is 265. The van der Waals surface area contributed by atoms with Gasteiger partial charge in [-0.25, -0.2) is 0 Å². The van der Waals surface area contributed by atoms with E-state index in [1.165, 1.54) is 6.42 Å². The fourth-order valence-electron chi connectivity index (χ4n) is 2.82. The van der Waals surface area contributed by atoms with Crippen LogP contribution in [-0.4, -0.2) is 36.5 Å². The number of carbonyl (C=O) groups is 1. The van der Waals surface area contributed by atoms with E-state index in [4.69, 9.17) is 0 Å². The first-order chi connectivity index (χ1) is 7.59. The number of piperidine rings is 1. The number of hydrogen-bond acceptors (Lipinski definition) is 2. The van der Waals surface area contributed by atoms with Crippen LogP contribution in [0, 0.1) is 17.8 Å². The van der Waals surface area contributed by atoms with Gasteiger partial charge in [-0.1, -0.05) is 20.8 Å². The van der Waals surface area contributed by atoms with Crippen molar-refractivity contribution in [3.05, 3.63) is 0 Å². The van der Waals surface area contributed by atoms with Crippen molar-refractivity contribution in [1.82, 2.24) is 10.2 Å². The highest BCUT2D eigenvalue weighted by molar-refractivity contribution is 5.78. The van der Waals surface area contributed by atoms with Crippen molar-refractivity contribution in [2.24, 2.45) is 17.8 Å². The van der Waals surface area contributed by atoms with E-state index in [1.807, 2.05) is 0 Å². The van der Waals surface area contributed by atoms with Gasteiger partial charge in [-0.15, -0.1) is 0 Å². The van der Waals surface area contributed by atoms with Crippen LogP contribution in [0.15, 0.2) is 0 Å². The van der Waals surface area contributed by atoms with Crippen LogP contribution in [0.5, 0.6) is 0 Å². The van der Waals surface area contributed by atoms with Gasteiger partial charge in [0, 0.05) is 25.0 Å². The molecule has 2 rings (SSSR count). The van der Waals surface area contributed by atoms with Crippen LogP contribution in [0.1, 0.15) is 33.6 Å². The third-order valence-electron chi connectivity index (χ3n) is 4.36. The van der Waals surface area contributed by atoms with Crippen molar-refractivity contribution in [1.29, 1.82) is 0 Å². The van der Waals surface area contributed by atoms with E-state index in [9.17, 15) is 4.79 Å². The van der Waals surface area contributed by atoms with Gasteiger partial charge in [0.05, 0.1) is 0 Å². The molecule has 1 N–H and O–H groups in total. The first kappa shape index (κ1) is 11.9. The Labute approximate surface area is 98.6 Å². The lowest BCUT2D eigenvalue weighted by Gasteiger charge is -2.36. The molecule has 0 spiro atoms. The molecule has 3 heteroatoms. The summed E-state index contributed by atoms with van der Waals surface area (Å²) in [6.45, 7) is 9.39. The molecule has 1 amide bonds. The maximum absolute atomic E-state index is 12.2. The smallest absolute Gasteiger partial charge is 0.225 e.